The number of amides is 3. The number of rotatable bonds is 7. The second-order valence-corrected chi connectivity index (χ2v) is 3.96. The van der Waals surface area contributed by atoms with Gasteiger partial charge in [-0.05, 0) is 6.92 Å². The minimum atomic E-state index is -1.19. The van der Waals surface area contributed by atoms with Crippen LogP contribution in [0.5, 0.6) is 0 Å². The second kappa shape index (κ2) is 7.62. The molecule has 0 aliphatic carbocycles. The summed E-state index contributed by atoms with van der Waals surface area (Å²) in [6.07, 6.45) is 0. The lowest BCUT2D eigenvalue weighted by Gasteiger charge is -2.19. The average Bonchev–Trinajstić information content (AvgIpc) is 2.33. The third-order valence-corrected chi connectivity index (χ3v) is 2.32. The summed E-state index contributed by atoms with van der Waals surface area (Å²) in [5.74, 6) is -2.71. The van der Waals surface area contributed by atoms with Gasteiger partial charge in [-0.25, -0.2) is 0 Å². The van der Waals surface area contributed by atoms with E-state index in [4.69, 9.17) is 15.9 Å². The minimum Gasteiger partial charge on any atom is -0.396 e. The Morgan fingerprint density at radius 3 is 2.00 bits per heavy atom. The SMILES string of the molecule is CC(CO)C(=O)NC(CO)C(=O)NC(C)C(N)=O. The minimum absolute atomic E-state index is 0.372. The summed E-state index contributed by atoms with van der Waals surface area (Å²) in [6.45, 7) is 1.85. The van der Waals surface area contributed by atoms with E-state index in [0.29, 0.717) is 0 Å². The second-order valence-electron chi connectivity index (χ2n) is 3.96. The van der Waals surface area contributed by atoms with E-state index in [0.717, 1.165) is 0 Å². The van der Waals surface area contributed by atoms with Crippen LogP contribution in [0.3, 0.4) is 0 Å². The van der Waals surface area contributed by atoms with Gasteiger partial charge < -0.3 is 26.6 Å². The molecule has 6 N–H and O–H groups in total. The molecule has 0 aromatic carbocycles. The van der Waals surface area contributed by atoms with Crippen LogP contribution >= 0.6 is 0 Å². The zero-order valence-electron chi connectivity index (χ0n) is 10.3. The topological polar surface area (TPSA) is 142 Å². The average molecular weight is 261 g/mol. The number of carbonyl (C=O) groups is 3. The molecule has 0 saturated carbocycles. The van der Waals surface area contributed by atoms with Crippen LogP contribution in [0.25, 0.3) is 0 Å². The summed E-state index contributed by atoms with van der Waals surface area (Å²) in [5, 5.41) is 22.2. The zero-order chi connectivity index (χ0) is 14.3. The van der Waals surface area contributed by atoms with Crippen molar-refractivity contribution < 1.29 is 24.6 Å². The first-order valence-corrected chi connectivity index (χ1v) is 5.45. The predicted molar refractivity (Wildman–Crippen MR) is 62.1 cm³/mol. The standard InChI is InChI=1S/C10H19N3O5/c1-5(3-14)9(17)13-7(4-15)10(18)12-6(2)8(11)16/h5-7,14-15H,3-4H2,1-2H3,(H2,11,16)(H,12,18)(H,13,17). The Hall–Kier alpha value is -1.67. The highest BCUT2D eigenvalue weighted by molar-refractivity contribution is 5.91. The van der Waals surface area contributed by atoms with Gasteiger partial charge in [-0.2, -0.15) is 0 Å². The van der Waals surface area contributed by atoms with Crippen molar-refractivity contribution in [3.05, 3.63) is 0 Å². The molecule has 8 heteroatoms. The molecule has 0 aliphatic heterocycles. The Kier molecular flexibility index (Phi) is 6.91. The highest BCUT2D eigenvalue weighted by Gasteiger charge is 2.24. The van der Waals surface area contributed by atoms with E-state index >= 15 is 0 Å². The monoisotopic (exact) mass is 261 g/mol. The van der Waals surface area contributed by atoms with Gasteiger partial charge in [0.25, 0.3) is 0 Å². The lowest BCUT2D eigenvalue weighted by molar-refractivity contribution is -0.133. The number of aliphatic hydroxyl groups is 2. The van der Waals surface area contributed by atoms with Crippen molar-refractivity contribution in [1.82, 2.24) is 10.6 Å². The van der Waals surface area contributed by atoms with Crippen LogP contribution in [0.4, 0.5) is 0 Å². The first kappa shape index (κ1) is 16.3. The molecule has 0 rings (SSSR count). The molecule has 0 heterocycles. The third-order valence-electron chi connectivity index (χ3n) is 2.32. The summed E-state index contributed by atoms with van der Waals surface area (Å²) < 4.78 is 0. The molecular weight excluding hydrogens is 242 g/mol. The van der Waals surface area contributed by atoms with Crippen LogP contribution < -0.4 is 16.4 Å². The maximum Gasteiger partial charge on any atom is 0.245 e. The van der Waals surface area contributed by atoms with Gasteiger partial charge in [-0.1, -0.05) is 6.92 Å². The molecule has 3 amide bonds. The molecule has 0 aromatic rings. The van der Waals surface area contributed by atoms with Gasteiger partial charge in [-0.3, -0.25) is 14.4 Å². The van der Waals surface area contributed by atoms with Crippen LogP contribution in [0, 0.1) is 5.92 Å². The lowest BCUT2D eigenvalue weighted by atomic mass is 10.1. The molecule has 104 valence electrons. The van der Waals surface area contributed by atoms with Crippen LogP contribution in [0.15, 0.2) is 0 Å². The summed E-state index contributed by atoms with van der Waals surface area (Å²) in [7, 11) is 0. The smallest absolute Gasteiger partial charge is 0.245 e. The molecule has 3 unspecified atom stereocenters. The Labute approximate surface area is 105 Å². The molecular formula is C10H19N3O5. The van der Waals surface area contributed by atoms with Gasteiger partial charge in [0.1, 0.15) is 12.1 Å². The predicted octanol–water partition coefficient (Wildman–Crippen LogP) is -2.92. The quantitative estimate of drug-likeness (QED) is 0.334. The summed E-state index contributed by atoms with van der Waals surface area (Å²) in [6, 6.07) is -2.09. The Bertz CT molecular complexity index is 321. The Morgan fingerprint density at radius 1 is 1.06 bits per heavy atom. The molecule has 0 aromatic heterocycles. The van der Waals surface area contributed by atoms with Crippen molar-refractivity contribution in [2.45, 2.75) is 25.9 Å². The first-order valence-electron chi connectivity index (χ1n) is 5.45. The number of aliphatic hydroxyl groups excluding tert-OH is 2. The Balaban J connectivity index is 4.45. The van der Waals surface area contributed by atoms with E-state index in [2.05, 4.69) is 10.6 Å². The highest BCUT2D eigenvalue weighted by Crippen LogP contribution is 1.95. The van der Waals surface area contributed by atoms with Crippen molar-refractivity contribution in [3.63, 3.8) is 0 Å². The summed E-state index contributed by atoms with van der Waals surface area (Å²) in [5.41, 5.74) is 4.96. The molecule has 18 heavy (non-hydrogen) atoms. The van der Waals surface area contributed by atoms with E-state index in [9.17, 15) is 14.4 Å². The van der Waals surface area contributed by atoms with Gasteiger partial charge in [0.2, 0.25) is 17.7 Å². The fourth-order valence-corrected chi connectivity index (χ4v) is 0.976. The van der Waals surface area contributed by atoms with Gasteiger partial charge in [0.05, 0.1) is 19.1 Å². The number of nitrogens with one attached hydrogen (secondary N) is 2. The largest absolute Gasteiger partial charge is 0.396 e. The fourth-order valence-electron chi connectivity index (χ4n) is 0.976. The zero-order valence-corrected chi connectivity index (χ0v) is 10.3. The van der Waals surface area contributed by atoms with E-state index < -0.39 is 42.3 Å². The number of hydrogen-bond donors (Lipinski definition) is 5. The van der Waals surface area contributed by atoms with E-state index in [1.807, 2.05) is 0 Å². The fraction of sp³-hybridized carbons (Fsp3) is 0.700. The van der Waals surface area contributed by atoms with Gasteiger partial charge in [-0.15, -0.1) is 0 Å². The molecule has 0 saturated heterocycles. The van der Waals surface area contributed by atoms with Crippen molar-refractivity contribution in [1.29, 1.82) is 0 Å². The van der Waals surface area contributed by atoms with Gasteiger partial charge in [0, 0.05) is 0 Å². The molecule has 3 atom stereocenters. The number of nitrogens with two attached hydrogens (primary N) is 1. The van der Waals surface area contributed by atoms with Crippen molar-refractivity contribution in [2.75, 3.05) is 13.2 Å². The van der Waals surface area contributed by atoms with E-state index in [1.165, 1.54) is 13.8 Å². The summed E-state index contributed by atoms with van der Waals surface area (Å²) >= 11 is 0. The highest BCUT2D eigenvalue weighted by atomic mass is 16.3. The van der Waals surface area contributed by atoms with Crippen molar-refractivity contribution in [3.8, 4) is 0 Å². The molecule has 0 bridgehead atoms. The number of carbonyl (C=O) groups excluding carboxylic acids is 3. The van der Waals surface area contributed by atoms with Crippen LogP contribution in [0.2, 0.25) is 0 Å². The maximum atomic E-state index is 11.6. The van der Waals surface area contributed by atoms with Crippen molar-refractivity contribution in [2.24, 2.45) is 11.7 Å². The normalized spacial score (nSPS) is 15.3. The van der Waals surface area contributed by atoms with Crippen LogP contribution in [0.1, 0.15) is 13.8 Å². The summed E-state index contributed by atoms with van der Waals surface area (Å²) in [4.78, 5) is 33.7. The molecule has 8 nitrogen and oxygen atoms in total. The van der Waals surface area contributed by atoms with Gasteiger partial charge in [0.15, 0.2) is 0 Å². The van der Waals surface area contributed by atoms with Crippen molar-refractivity contribution >= 4 is 17.7 Å². The molecule has 0 spiro atoms. The van der Waals surface area contributed by atoms with E-state index in [1.54, 1.807) is 0 Å². The van der Waals surface area contributed by atoms with Crippen LogP contribution in [-0.2, 0) is 14.4 Å². The number of primary amides is 1. The van der Waals surface area contributed by atoms with Crippen LogP contribution in [-0.4, -0.2) is 53.2 Å². The Morgan fingerprint density at radius 2 is 1.61 bits per heavy atom. The molecule has 0 aliphatic rings. The molecule has 0 radical (unpaired) electrons. The third kappa shape index (κ3) is 5.11. The number of hydrogen-bond acceptors (Lipinski definition) is 5. The van der Waals surface area contributed by atoms with E-state index in [-0.39, 0.29) is 6.61 Å². The first-order chi connectivity index (χ1) is 8.33. The maximum absolute atomic E-state index is 11.6. The van der Waals surface area contributed by atoms with Gasteiger partial charge >= 0.3 is 0 Å². The lowest BCUT2D eigenvalue weighted by Crippen LogP contribution is -2.54. The molecule has 0 fully saturated rings.